The van der Waals surface area contributed by atoms with Gasteiger partial charge in [0.2, 0.25) is 0 Å². The molecular weight excluding hydrogens is 253 g/mol. The third-order valence-corrected chi connectivity index (χ3v) is 2.66. The molecule has 1 rings (SSSR count). The van der Waals surface area contributed by atoms with Gasteiger partial charge in [0.1, 0.15) is 5.82 Å². The topological polar surface area (TPSA) is 75.5 Å². The van der Waals surface area contributed by atoms with Crippen LogP contribution >= 0.6 is 0 Å². The lowest BCUT2D eigenvalue weighted by Gasteiger charge is -2.17. The van der Waals surface area contributed by atoms with E-state index in [9.17, 15) is 19.3 Å². The molecule has 1 aromatic carbocycles. The predicted octanol–water partition coefficient (Wildman–Crippen LogP) is 1.42. The number of nitro groups is 1. The summed E-state index contributed by atoms with van der Waals surface area (Å²) in [7, 11) is 3.37. The van der Waals surface area contributed by atoms with Crippen LogP contribution in [0.25, 0.3) is 0 Å². The fourth-order valence-corrected chi connectivity index (χ4v) is 1.59. The number of hydrogen-bond donors (Lipinski definition) is 1. The summed E-state index contributed by atoms with van der Waals surface area (Å²) in [5, 5.41) is 13.4. The standard InChI is InChI=1S/C12H16FN3O3/c1-14-6-3-7-15(2)12(17)10-5-4-9(16(18)19)8-11(10)13/h4-5,8,14H,3,6-7H2,1-2H3. The minimum absolute atomic E-state index is 0.155. The number of nitrogens with zero attached hydrogens (tertiary/aromatic N) is 2. The van der Waals surface area contributed by atoms with E-state index in [2.05, 4.69) is 5.32 Å². The molecule has 1 N–H and O–H groups in total. The Balaban J connectivity index is 2.79. The Morgan fingerprint density at radius 1 is 1.53 bits per heavy atom. The number of amides is 1. The van der Waals surface area contributed by atoms with E-state index in [1.165, 1.54) is 4.90 Å². The molecule has 0 heterocycles. The zero-order chi connectivity index (χ0) is 14.4. The monoisotopic (exact) mass is 269 g/mol. The first-order valence-electron chi connectivity index (χ1n) is 5.81. The van der Waals surface area contributed by atoms with Crippen LogP contribution in [0.4, 0.5) is 10.1 Å². The van der Waals surface area contributed by atoms with Crippen molar-refractivity contribution in [2.45, 2.75) is 6.42 Å². The Morgan fingerprint density at radius 3 is 2.74 bits per heavy atom. The number of non-ortho nitro benzene ring substituents is 1. The molecule has 6 nitrogen and oxygen atoms in total. The van der Waals surface area contributed by atoms with Crippen LogP contribution in [0.2, 0.25) is 0 Å². The lowest BCUT2D eigenvalue weighted by molar-refractivity contribution is -0.385. The van der Waals surface area contributed by atoms with E-state index in [-0.39, 0.29) is 11.3 Å². The number of carbonyl (C=O) groups excluding carboxylic acids is 1. The molecule has 0 bridgehead atoms. The number of nitrogens with one attached hydrogen (secondary N) is 1. The SMILES string of the molecule is CNCCCN(C)C(=O)c1ccc([N+](=O)[O-])cc1F. The second kappa shape index (κ2) is 6.79. The quantitative estimate of drug-likeness (QED) is 0.481. The van der Waals surface area contributed by atoms with Crippen LogP contribution in [0.1, 0.15) is 16.8 Å². The fraction of sp³-hybridized carbons (Fsp3) is 0.417. The minimum atomic E-state index is -0.875. The number of benzene rings is 1. The van der Waals surface area contributed by atoms with E-state index < -0.39 is 16.6 Å². The van der Waals surface area contributed by atoms with Gasteiger partial charge >= 0.3 is 0 Å². The molecule has 0 aromatic heterocycles. The zero-order valence-electron chi connectivity index (χ0n) is 10.9. The number of carbonyl (C=O) groups is 1. The van der Waals surface area contributed by atoms with Gasteiger partial charge < -0.3 is 10.2 Å². The van der Waals surface area contributed by atoms with Gasteiger partial charge in [-0.05, 0) is 26.1 Å². The lowest BCUT2D eigenvalue weighted by Crippen LogP contribution is -2.30. The Bertz CT molecular complexity index is 479. The Labute approximate surface area is 110 Å². The average Bonchev–Trinajstić information content (AvgIpc) is 2.37. The van der Waals surface area contributed by atoms with Crippen LogP contribution in [0.3, 0.4) is 0 Å². The molecule has 0 fully saturated rings. The van der Waals surface area contributed by atoms with Gasteiger partial charge in [-0.3, -0.25) is 14.9 Å². The summed E-state index contributed by atoms with van der Waals surface area (Å²) >= 11 is 0. The maximum Gasteiger partial charge on any atom is 0.272 e. The van der Waals surface area contributed by atoms with E-state index in [4.69, 9.17) is 0 Å². The molecule has 0 atom stereocenters. The first-order chi connectivity index (χ1) is 8.97. The summed E-state index contributed by atoms with van der Waals surface area (Å²) in [6.07, 6.45) is 0.743. The largest absolute Gasteiger partial charge is 0.342 e. The summed E-state index contributed by atoms with van der Waals surface area (Å²) in [6, 6.07) is 3.02. The average molecular weight is 269 g/mol. The van der Waals surface area contributed by atoms with Gasteiger partial charge in [0.15, 0.2) is 0 Å². The smallest absolute Gasteiger partial charge is 0.272 e. The van der Waals surface area contributed by atoms with Crippen LogP contribution in [0, 0.1) is 15.9 Å². The zero-order valence-corrected chi connectivity index (χ0v) is 10.9. The summed E-state index contributed by atoms with van der Waals surface area (Å²) in [5.74, 6) is -1.36. The lowest BCUT2D eigenvalue weighted by atomic mass is 10.1. The van der Waals surface area contributed by atoms with Crippen molar-refractivity contribution >= 4 is 11.6 Å². The van der Waals surface area contributed by atoms with Gasteiger partial charge in [0.05, 0.1) is 16.6 Å². The fourth-order valence-electron chi connectivity index (χ4n) is 1.59. The van der Waals surface area contributed by atoms with Crippen LogP contribution in [0.5, 0.6) is 0 Å². The Morgan fingerprint density at radius 2 is 2.21 bits per heavy atom. The van der Waals surface area contributed by atoms with Gasteiger partial charge in [0, 0.05) is 19.7 Å². The van der Waals surface area contributed by atoms with E-state index >= 15 is 0 Å². The van der Waals surface area contributed by atoms with E-state index in [0.29, 0.717) is 6.54 Å². The molecular formula is C12H16FN3O3. The maximum atomic E-state index is 13.6. The van der Waals surface area contributed by atoms with Crippen molar-refractivity contribution in [3.63, 3.8) is 0 Å². The molecule has 104 valence electrons. The maximum absolute atomic E-state index is 13.6. The van der Waals surface area contributed by atoms with Gasteiger partial charge in [-0.1, -0.05) is 0 Å². The molecule has 0 aliphatic heterocycles. The van der Waals surface area contributed by atoms with Crippen molar-refractivity contribution < 1.29 is 14.1 Å². The molecule has 0 radical (unpaired) electrons. The van der Waals surface area contributed by atoms with Crippen LogP contribution < -0.4 is 5.32 Å². The summed E-state index contributed by atoms with van der Waals surface area (Å²) in [6.45, 7) is 1.23. The molecule has 1 aromatic rings. The highest BCUT2D eigenvalue weighted by atomic mass is 19.1. The molecule has 19 heavy (non-hydrogen) atoms. The third kappa shape index (κ3) is 3.99. The second-order valence-corrected chi connectivity index (χ2v) is 4.11. The highest BCUT2D eigenvalue weighted by Crippen LogP contribution is 2.17. The van der Waals surface area contributed by atoms with E-state index in [0.717, 1.165) is 31.2 Å². The third-order valence-electron chi connectivity index (χ3n) is 2.66. The van der Waals surface area contributed by atoms with E-state index in [1.807, 2.05) is 0 Å². The number of hydrogen-bond acceptors (Lipinski definition) is 4. The molecule has 0 saturated carbocycles. The molecule has 0 saturated heterocycles. The normalized spacial score (nSPS) is 10.3. The van der Waals surface area contributed by atoms with Crippen molar-refractivity contribution in [2.24, 2.45) is 0 Å². The number of nitro benzene ring substituents is 1. The molecule has 1 amide bonds. The Kier molecular flexibility index (Phi) is 5.37. The predicted molar refractivity (Wildman–Crippen MR) is 68.6 cm³/mol. The van der Waals surface area contributed by atoms with Crippen molar-refractivity contribution in [1.82, 2.24) is 10.2 Å². The van der Waals surface area contributed by atoms with Gasteiger partial charge in [-0.15, -0.1) is 0 Å². The van der Waals surface area contributed by atoms with Gasteiger partial charge in [-0.2, -0.15) is 0 Å². The number of halogens is 1. The first-order valence-corrected chi connectivity index (χ1v) is 5.81. The molecule has 7 heteroatoms. The molecule has 0 unspecified atom stereocenters. The van der Waals surface area contributed by atoms with Crippen LogP contribution in [-0.2, 0) is 0 Å². The van der Waals surface area contributed by atoms with Crippen LogP contribution in [-0.4, -0.2) is 42.9 Å². The number of rotatable bonds is 6. The van der Waals surface area contributed by atoms with E-state index in [1.54, 1.807) is 14.1 Å². The van der Waals surface area contributed by atoms with Crippen molar-refractivity contribution in [1.29, 1.82) is 0 Å². The van der Waals surface area contributed by atoms with Crippen molar-refractivity contribution in [3.8, 4) is 0 Å². The molecule has 0 aliphatic carbocycles. The van der Waals surface area contributed by atoms with Crippen molar-refractivity contribution in [3.05, 3.63) is 39.7 Å². The van der Waals surface area contributed by atoms with Gasteiger partial charge in [-0.25, -0.2) is 4.39 Å². The second-order valence-electron chi connectivity index (χ2n) is 4.11. The minimum Gasteiger partial charge on any atom is -0.342 e. The highest BCUT2D eigenvalue weighted by molar-refractivity contribution is 5.94. The van der Waals surface area contributed by atoms with Crippen LogP contribution in [0.15, 0.2) is 18.2 Å². The summed E-state index contributed by atoms with van der Waals surface area (Å²) < 4.78 is 13.6. The first kappa shape index (κ1) is 15.0. The summed E-state index contributed by atoms with van der Waals surface area (Å²) in [5.41, 5.74) is -0.524. The highest BCUT2D eigenvalue weighted by Gasteiger charge is 2.18. The van der Waals surface area contributed by atoms with Gasteiger partial charge in [0.25, 0.3) is 11.6 Å². The summed E-state index contributed by atoms with van der Waals surface area (Å²) in [4.78, 5) is 23.1. The molecule has 0 spiro atoms. The van der Waals surface area contributed by atoms with Crippen molar-refractivity contribution in [2.75, 3.05) is 27.2 Å². The Hall–Kier alpha value is -2.02. The molecule has 0 aliphatic rings.